The predicted octanol–water partition coefficient (Wildman–Crippen LogP) is 6.59. The van der Waals surface area contributed by atoms with Crippen molar-refractivity contribution in [2.75, 3.05) is 6.61 Å². The Labute approximate surface area is 192 Å². The molecule has 0 aliphatic rings. The molecule has 0 atom stereocenters. The summed E-state index contributed by atoms with van der Waals surface area (Å²) in [5.74, 6) is -0.315. The maximum atomic E-state index is 12.3. The van der Waals surface area contributed by atoms with Crippen molar-refractivity contribution >= 4 is 18.6 Å². The van der Waals surface area contributed by atoms with Crippen LogP contribution in [0.1, 0.15) is 107 Å². The number of esters is 1. The van der Waals surface area contributed by atoms with E-state index in [0.29, 0.717) is 23.0 Å². The van der Waals surface area contributed by atoms with E-state index in [4.69, 9.17) is 4.74 Å². The third-order valence-corrected chi connectivity index (χ3v) is 5.79. The lowest BCUT2D eigenvalue weighted by atomic mass is 10.0. The van der Waals surface area contributed by atoms with Gasteiger partial charge in [0.2, 0.25) is 5.16 Å². The van der Waals surface area contributed by atoms with E-state index in [0.717, 1.165) is 12.8 Å². The van der Waals surface area contributed by atoms with Crippen LogP contribution < -0.4 is 0 Å². The normalized spacial score (nSPS) is 11.0. The first-order valence-corrected chi connectivity index (χ1v) is 12.4. The van der Waals surface area contributed by atoms with Gasteiger partial charge in [-0.3, -0.25) is 0 Å². The van der Waals surface area contributed by atoms with Crippen molar-refractivity contribution in [3.05, 3.63) is 29.8 Å². The third-order valence-electron chi connectivity index (χ3n) is 5.51. The maximum Gasteiger partial charge on any atom is 0.338 e. The van der Waals surface area contributed by atoms with E-state index in [1.165, 1.54) is 81.7 Å². The minimum absolute atomic E-state index is 0.315. The molecule has 31 heavy (non-hydrogen) atoms. The van der Waals surface area contributed by atoms with Gasteiger partial charge in [-0.05, 0) is 35.0 Å². The highest BCUT2D eigenvalue weighted by atomic mass is 32.1. The standard InChI is InChI=1S/C24H38N4O2S/c1-2-3-4-5-6-7-8-9-10-11-12-13-14-15-19-30-23(29)21-17-16-18-22(20-21)28-24(31)25-26-27-28/h16-18,20H,2-15,19H2,1H3,(H,25,27,31). The van der Waals surface area contributed by atoms with Crippen molar-refractivity contribution in [1.29, 1.82) is 0 Å². The quantitative estimate of drug-likeness (QED) is 0.169. The summed E-state index contributed by atoms with van der Waals surface area (Å²) < 4.78 is 6.88. The molecule has 0 fully saturated rings. The lowest BCUT2D eigenvalue weighted by molar-refractivity contribution is 0.0497. The van der Waals surface area contributed by atoms with E-state index in [9.17, 15) is 4.79 Å². The van der Waals surface area contributed by atoms with Gasteiger partial charge in [-0.2, -0.15) is 4.68 Å². The van der Waals surface area contributed by atoms with Gasteiger partial charge in [0, 0.05) is 0 Å². The summed E-state index contributed by atoms with van der Waals surface area (Å²) in [6.07, 6.45) is 18.4. The molecule has 0 radical (unpaired) electrons. The number of benzene rings is 1. The number of tetrazole rings is 1. The SMILES string of the molecule is CCCCCCCCCCCCCCCCOC(=O)c1cccc(-n2nnnc2S)c1. The van der Waals surface area contributed by atoms with Crippen molar-refractivity contribution in [2.45, 2.75) is 102 Å². The van der Waals surface area contributed by atoms with Gasteiger partial charge in [0.1, 0.15) is 0 Å². The van der Waals surface area contributed by atoms with Crippen LogP contribution in [0.5, 0.6) is 0 Å². The number of thiol groups is 1. The van der Waals surface area contributed by atoms with E-state index >= 15 is 0 Å². The topological polar surface area (TPSA) is 69.9 Å². The molecule has 0 aliphatic carbocycles. The van der Waals surface area contributed by atoms with Crippen molar-refractivity contribution in [3.8, 4) is 5.69 Å². The second kappa shape index (κ2) is 15.8. The largest absolute Gasteiger partial charge is 0.462 e. The maximum absolute atomic E-state index is 12.3. The second-order valence-corrected chi connectivity index (χ2v) is 8.57. The smallest absolute Gasteiger partial charge is 0.338 e. The van der Waals surface area contributed by atoms with Gasteiger partial charge in [0.05, 0.1) is 17.9 Å². The number of unbranched alkanes of at least 4 members (excludes halogenated alkanes) is 13. The van der Waals surface area contributed by atoms with Crippen molar-refractivity contribution in [3.63, 3.8) is 0 Å². The zero-order valence-electron chi connectivity index (χ0n) is 19.0. The van der Waals surface area contributed by atoms with Gasteiger partial charge in [0.25, 0.3) is 0 Å². The lowest BCUT2D eigenvalue weighted by Gasteiger charge is -2.07. The molecule has 2 aromatic rings. The van der Waals surface area contributed by atoms with Gasteiger partial charge in [0.15, 0.2) is 0 Å². The first kappa shape index (κ1) is 25.4. The van der Waals surface area contributed by atoms with Crippen LogP contribution in [0.15, 0.2) is 29.4 Å². The van der Waals surface area contributed by atoms with Crippen LogP contribution in [-0.2, 0) is 4.74 Å². The number of ether oxygens (including phenoxy) is 1. The highest BCUT2D eigenvalue weighted by molar-refractivity contribution is 7.80. The minimum Gasteiger partial charge on any atom is -0.462 e. The zero-order valence-corrected chi connectivity index (χ0v) is 19.9. The number of aromatic nitrogens is 4. The van der Waals surface area contributed by atoms with E-state index in [-0.39, 0.29) is 5.97 Å². The van der Waals surface area contributed by atoms with Gasteiger partial charge in [-0.1, -0.05) is 96.5 Å². The average Bonchev–Trinajstić information content (AvgIpc) is 3.22. The van der Waals surface area contributed by atoms with Crippen LogP contribution in [0.3, 0.4) is 0 Å². The highest BCUT2D eigenvalue weighted by Gasteiger charge is 2.10. The molecule has 172 valence electrons. The Kier molecular flexibility index (Phi) is 13.0. The molecule has 2 rings (SSSR count). The first-order valence-electron chi connectivity index (χ1n) is 12.0. The van der Waals surface area contributed by atoms with Crippen molar-refractivity contribution < 1.29 is 9.53 Å². The Morgan fingerprint density at radius 2 is 1.48 bits per heavy atom. The molecule has 0 unspecified atom stereocenters. The van der Waals surface area contributed by atoms with E-state index in [1.54, 1.807) is 18.2 Å². The molecule has 0 spiro atoms. The molecule has 0 bridgehead atoms. The summed E-state index contributed by atoms with van der Waals surface area (Å²) in [5.41, 5.74) is 1.17. The molecular formula is C24H38N4O2S. The number of carbonyl (C=O) groups excluding carboxylic acids is 1. The fourth-order valence-corrected chi connectivity index (χ4v) is 3.85. The fraction of sp³-hybridized carbons (Fsp3) is 0.667. The highest BCUT2D eigenvalue weighted by Crippen LogP contribution is 2.15. The van der Waals surface area contributed by atoms with Crippen LogP contribution in [0.2, 0.25) is 0 Å². The molecular weight excluding hydrogens is 408 g/mol. The second-order valence-electron chi connectivity index (χ2n) is 8.17. The molecule has 6 nitrogen and oxygen atoms in total. The number of nitrogens with zero attached hydrogens (tertiary/aromatic N) is 4. The number of hydrogen-bond donors (Lipinski definition) is 1. The number of rotatable bonds is 17. The van der Waals surface area contributed by atoms with Crippen molar-refractivity contribution in [1.82, 2.24) is 20.2 Å². The number of hydrogen-bond acceptors (Lipinski definition) is 6. The Balaban J connectivity index is 1.47. The van der Waals surface area contributed by atoms with E-state index in [2.05, 4.69) is 35.1 Å². The van der Waals surface area contributed by atoms with E-state index in [1.807, 2.05) is 6.07 Å². The zero-order chi connectivity index (χ0) is 22.2. The Morgan fingerprint density at radius 3 is 2.03 bits per heavy atom. The summed E-state index contributed by atoms with van der Waals surface area (Å²) in [5, 5.41) is 11.5. The molecule has 0 aliphatic heterocycles. The van der Waals surface area contributed by atoms with Gasteiger partial charge < -0.3 is 4.74 Å². The molecule has 1 aromatic carbocycles. The monoisotopic (exact) mass is 446 g/mol. The predicted molar refractivity (Wildman–Crippen MR) is 127 cm³/mol. The molecule has 1 heterocycles. The van der Waals surface area contributed by atoms with Crippen LogP contribution in [0, 0.1) is 0 Å². The minimum atomic E-state index is -0.315. The molecule has 7 heteroatoms. The number of carbonyl (C=O) groups is 1. The van der Waals surface area contributed by atoms with Crippen LogP contribution in [0.4, 0.5) is 0 Å². The van der Waals surface area contributed by atoms with Gasteiger partial charge in [-0.15, -0.1) is 17.7 Å². The molecule has 0 amide bonds. The first-order chi connectivity index (χ1) is 15.2. The fourth-order valence-electron chi connectivity index (χ4n) is 3.66. The Morgan fingerprint density at radius 1 is 0.903 bits per heavy atom. The molecule has 1 aromatic heterocycles. The summed E-state index contributed by atoms with van der Waals surface area (Å²) >= 11 is 4.20. The third kappa shape index (κ3) is 10.3. The summed E-state index contributed by atoms with van der Waals surface area (Å²) in [4.78, 5) is 12.3. The molecule has 0 saturated carbocycles. The summed E-state index contributed by atoms with van der Waals surface area (Å²) in [7, 11) is 0. The van der Waals surface area contributed by atoms with Gasteiger partial charge in [-0.25, -0.2) is 4.79 Å². The van der Waals surface area contributed by atoms with Crippen molar-refractivity contribution in [2.24, 2.45) is 0 Å². The Hall–Kier alpha value is -1.89. The van der Waals surface area contributed by atoms with Crippen LogP contribution in [-0.4, -0.2) is 32.8 Å². The Bertz CT molecular complexity index is 751. The molecule has 0 saturated heterocycles. The summed E-state index contributed by atoms with van der Waals surface area (Å²) in [6, 6.07) is 7.05. The van der Waals surface area contributed by atoms with Crippen LogP contribution >= 0.6 is 12.6 Å². The van der Waals surface area contributed by atoms with Crippen LogP contribution in [0.25, 0.3) is 5.69 Å². The van der Waals surface area contributed by atoms with Gasteiger partial charge >= 0.3 is 5.97 Å². The lowest BCUT2D eigenvalue weighted by Crippen LogP contribution is -2.08. The molecule has 0 N–H and O–H groups in total. The van der Waals surface area contributed by atoms with E-state index < -0.39 is 0 Å². The average molecular weight is 447 g/mol. The summed E-state index contributed by atoms with van der Waals surface area (Å²) in [6.45, 7) is 2.73.